The Hall–Kier alpha value is -0.790. The van der Waals surface area contributed by atoms with E-state index < -0.39 is 11.4 Å². The van der Waals surface area contributed by atoms with Crippen molar-refractivity contribution in [3.05, 3.63) is 11.6 Å². The van der Waals surface area contributed by atoms with Gasteiger partial charge >= 0.3 is 5.97 Å². The number of aliphatic carboxylic acids is 1. The second-order valence-corrected chi connectivity index (χ2v) is 9.96. The summed E-state index contributed by atoms with van der Waals surface area (Å²) in [5.41, 5.74) is 2.41. The minimum atomic E-state index is -0.557. The van der Waals surface area contributed by atoms with Gasteiger partial charge in [0.1, 0.15) is 0 Å². The highest BCUT2D eigenvalue weighted by molar-refractivity contribution is 5.75. The lowest BCUT2D eigenvalue weighted by molar-refractivity contribution is -0.161. The fraction of sp³-hybridized carbons (Fsp3) is 0.850. The Kier molecular flexibility index (Phi) is 2.16. The fourth-order valence-electron chi connectivity index (χ4n) is 8.03. The molecule has 0 aromatic rings. The Bertz CT molecular complexity index is 621. The number of rotatable bonds is 1. The molecule has 0 amide bonds. The third kappa shape index (κ3) is 1.22. The number of hydrogen-bond donors (Lipinski definition) is 1. The van der Waals surface area contributed by atoms with Gasteiger partial charge < -0.3 is 5.11 Å². The summed E-state index contributed by atoms with van der Waals surface area (Å²) in [6.07, 6.45) is 11.0. The van der Waals surface area contributed by atoms with E-state index in [1.54, 1.807) is 5.57 Å². The number of carbonyl (C=O) groups is 1. The van der Waals surface area contributed by atoms with Crippen molar-refractivity contribution in [3.8, 4) is 0 Å². The van der Waals surface area contributed by atoms with Crippen molar-refractivity contribution in [1.82, 2.24) is 0 Å². The molecule has 4 fully saturated rings. The lowest BCUT2D eigenvalue weighted by atomic mass is 9.43. The van der Waals surface area contributed by atoms with E-state index in [9.17, 15) is 9.90 Å². The molecule has 0 aromatic heterocycles. The van der Waals surface area contributed by atoms with Gasteiger partial charge in [-0.3, -0.25) is 4.79 Å². The smallest absolute Gasteiger partial charge is 0.309 e. The van der Waals surface area contributed by atoms with Crippen molar-refractivity contribution in [3.63, 3.8) is 0 Å². The number of carboxylic acids is 1. The van der Waals surface area contributed by atoms with E-state index in [1.165, 1.54) is 25.7 Å². The van der Waals surface area contributed by atoms with Crippen LogP contribution >= 0.6 is 0 Å². The molecule has 4 bridgehead atoms. The van der Waals surface area contributed by atoms with E-state index >= 15 is 0 Å². The maximum absolute atomic E-state index is 12.0. The normalized spacial score (nSPS) is 61.0. The molecule has 2 nitrogen and oxygen atoms in total. The third-order valence-electron chi connectivity index (χ3n) is 9.13. The van der Waals surface area contributed by atoms with Crippen molar-refractivity contribution in [2.45, 2.75) is 65.7 Å². The summed E-state index contributed by atoms with van der Waals surface area (Å²) >= 11 is 0. The summed E-state index contributed by atoms with van der Waals surface area (Å²) in [5, 5.41) is 9.90. The minimum absolute atomic E-state index is 0.151. The number of carboxylic acid groups (broad SMARTS) is 1. The summed E-state index contributed by atoms with van der Waals surface area (Å²) in [7, 11) is 0. The lowest BCUT2D eigenvalue weighted by Gasteiger charge is -2.61. The van der Waals surface area contributed by atoms with Crippen LogP contribution in [0.25, 0.3) is 0 Å². The first-order valence-corrected chi connectivity index (χ1v) is 9.23. The van der Waals surface area contributed by atoms with Crippen LogP contribution in [0.3, 0.4) is 0 Å². The van der Waals surface area contributed by atoms with Crippen LogP contribution in [-0.2, 0) is 4.79 Å². The van der Waals surface area contributed by atoms with Crippen LogP contribution in [0.15, 0.2) is 11.6 Å². The van der Waals surface area contributed by atoms with E-state index in [4.69, 9.17) is 0 Å². The predicted octanol–water partition coefficient (Wildman–Crippen LogP) is 4.65. The summed E-state index contributed by atoms with van der Waals surface area (Å²) < 4.78 is 0. The maximum Gasteiger partial charge on any atom is 0.309 e. The summed E-state index contributed by atoms with van der Waals surface area (Å²) in [5.74, 6) is 1.55. The highest BCUT2D eigenvalue weighted by Crippen LogP contribution is 2.83. The van der Waals surface area contributed by atoms with Gasteiger partial charge in [-0.05, 0) is 79.4 Å². The zero-order valence-electron chi connectivity index (χ0n) is 14.1. The molecule has 6 aliphatic carbocycles. The average Bonchev–Trinajstić information content (AvgIpc) is 2.89. The molecule has 0 heterocycles. The van der Waals surface area contributed by atoms with Crippen LogP contribution in [0.5, 0.6) is 0 Å². The molecule has 120 valence electrons. The zero-order chi connectivity index (χ0) is 15.5. The van der Waals surface area contributed by atoms with Crippen molar-refractivity contribution < 1.29 is 9.90 Å². The third-order valence-corrected chi connectivity index (χ3v) is 9.13. The molecule has 1 N–H and O–H groups in total. The van der Waals surface area contributed by atoms with Crippen LogP contribution in [0.1, 0.15) is 65.7 Å². The molecular formula is C20H28O2. The molecular weight excluding hydrogens is 272 g/mol. The molecule has 7 atom stereocenters. The number of allylic oxidation sites excluding steroid dienone is 2. The van der Waals surface area contributed by atoms with Gasteiger partial charge in [-0.2, -0.15) is 0 Å². The van der Waals surface area contributed by atoms with Crippen LogP contribution in [0.2, 0.25) is 0 Å². The van der Waals surface area contributed by atoms with Crippen molar-refractivity contribution in [2.24, 2.45) is 39.4 Å². The molecule has 4 saturated carbocycles. The first kappa shape index (κ1) is 13.6. The molecule has 0 aromatic carbocycles. The van der Waals surface area contributed by atoms with E-state index in [-0.39, 0.29) is 5.41 Å². The van der Waals surface area contributed by atoms with Crippen molar-refractivity contribution in [2.75, 3.05) is 0 Å². The second-order valence-electron chi connectivity index (χ2n) is 9.96. The molecule has 0 saturated heterocycles. The van der Waals surface area contributed by atoms with Gasteiger partial charge in [0, 0.05) is 0 Å². The molecule has 1 spiro atoms. The van der Waals surface area contributed by atoms with Gasteiger partial charge in [0.2, 0.25) is 0 Å². The van der Waals surface area contributed by atoms with Crippen LogP contribution in [0, 0.1) is 39.4 Å². The summed E-state index contributed by atoms with van der Waals surface area (Å²) in [6, 6.07) is 0. The molecule has 6 aliphatic rings. The molecule has 0 aliphatic heterocycles. The van der Waals surface area contributed by atoms with E-state index in [1.807, 2.05) is 6.92 Å². The van der Waals surface area contributed by atoms with E-state index in [2.05, 4.69) is 19.9 Å². The average molecular weight is 300 g/mol. The minimum Gasteiger partial charge on any atom is -0.481 e. The summed E-state index contributed by atoms with van der Waals surface area (Å²) in [4.78, 5) is 12.0. The Balaban J connectivity index is 1.63. The molecule has 2 heteroatoms. The van der Waals surface area contributed by atoms with Crippen molar-refractivity contribution in [1.29, 1.82) is 0 Å². The first-order valence-electron chi connectivity index (χ1n) is 9.23. The lowest BCUT2D eigenvalue weighted by Crippen LogP contribution is -2.55. The van der Waals surface area contributed by atoms with Crippen LogP contribution < -0.4 is 0 Å². The maximum atomic E-state index is 12.0. The quantitative estimate of drug-likeness (QED) is 0.716. The SMILES string of the molecule is C[C@@]12C[C@@]34CC[C@@H]5[C@](C)(C(=O)O)CCC[C@@]5(C)C3=C[C@@H]1[C@@H]2C4. The number of hydrogen-bond acceptors (Lipinski definition) is 1. The standard InChI is InChI=1S/C20H28O2/c1-17-6-4-7-18(2,16(21)22)14(17)5-8-20-10-13-12(9-15(17)20)19(13,3)11-20/h9,12-14H,4-8,10-11H2,1-3H3,(H,21,22)/t12-,13+,14+,17-,18-,19-,20+/m1/s1. The second kappa shape index (κ2) is 3.49. The molecule has 0 radical (unpaired) electrons. The Morgan fingerprint density at radius 3 is 2.64 bits per heavy atom. The molecule has 6 rings (SSSR count). The van der Waals surface area contributed by atoms with E-state index in [0.29, 0.717) is 16.7 Å². The Morgan fingerprint density at radius 1 is 1.23 bits per heavy atom. The fourth-order valence-corrected chi connectivity index (χ4v) is 8.03. The zero-order valence-corrected chi connectivity index (χ0v) is 14.1. The van der Waals surface area contributed by atoms with Crippen LogP contribution in [-0.4, -0.2) is 11.1 Å². The first-order chi connectivity index (χ1) is 10.3. The number of fused-ring (bicyclic) bond motifs is 1. The van der Waals surface area contributed by atoms with Gasteiger partial charge in [-0.25, -0.2) is 0 Å². The molecule has 22 heavy (non-hydrogen) atoms. The van der Waals surface area contributed by atoms with Gasteiger partial charge in [0.25, 0.3) is 0 Å². The highest BCUT2D eigenvalue weighted by atomic mass is 16.4. The van der Waals surface area contributed by atoms with E-state index in [0.717, 1.165) is 31.1 Å². The monoisotopic (exact) mass is 300 g/mol. The predicted molar refractivity (Wildman–Crippen MR) is 85.3 cm³/mol. The van der Waals surface area contributed by atoms with Gasteiger partial charge in [-0.15, -0.1) is 0 Å². The Morgan fingerprint density at radius 2 is 2.00 bits per heavy atom. The van der Waals surface area contributed by atoms with Crippen LogP contribution in [0.4, 0.5) is 0 Å². The molecule has 0 unspecified atom stereocenters. The van der Waals surface area contributed by atoms with Crippen molar-refractivity contribution >= 4 is 5.97 Å². The summed E-state index contributed by atoms with van der Waals surface area (Å²) in [6.45, 7) is 6.95. The Labute approximate surface area is 133 Å². The van der Waals surface area contributed by atoms with Gasteiger partial charge in [0.05, 0.1) is 5.41 Å². The topological polar surface area (TPSA) is 37.3 Å². The van der Waals surface area contributed by atoms with Gasteiger partial charge in [0.15, 0.2) is 0 Å². The highest BCUT2D eigenvalue weighted by Gasteiger charge is 2.75. The van der Waals surface area contributed by atoms with Gasteiger partial charge in [-0.1, -0.05) is 31.9 Å². The largest absolute Gasteiger partial charge is 0.481 e.